The second kappa shape index (κ2) is 9.23. The fourth-order valence-electron chi connectivity index (χ4n) is 4.24. The normalized spacial score (nSPS) is 17.7. The highest BCUT2D eigenvalue weighted by atomic mass is 35.5. The van der Waals surface area contributed by atoms with Gasteiger partial charge in [-0.2, -0.15) is 0 Å². The first kappa shape index (κ1) is 24.6. The molecule has 0 aromatic heterocycles. The summed E-state index contributed by atoms with van der Waals surface area (Å²) in [6, 6.07) is 19.0. The molecule has 180 valence electrons. The summed E-state index contributed by atoms with van der Waals surface area (Å²) in [6.45, 7) is 8.22. The lowest BCUT2D eigenvalue weighted by molar-refractivity contribution is -0.132. The summed E-state index contributed by atoms with van der Waals surface area (Å²) in [7, 11) is 1.52. The number of Topliss-reactive ketones (excluding diaryl/α,β-unsaturated/α-hetero) is 1. The smallest absolute Gasteiger partial charge is 0.300 e. The van der Waals surface area contributed by atoms with Crippen LogP contribution in [0.3, 0.4) is 0 Å². The zero-order chi connectivity index (χ0) is 25.5. The maximum absolute atomic E-state index is 13.3. The SMILES string of the molecule is COc1cccc(/C(O)=C2\C(=O)C(=O)N(c3ccc(C)c(Cl)c3)C2c2ccc(C(C)(C)C)cc2)c1. The van der Waals surface area contributed by atoms with E-state index in [4.69, 9.17) is 16.3 Å². The first-order valence-corrected chi connectivity index (χ1v) is 11.7. The number of halogens is 1. The number of rotatable bonds is 4. The highest BCUT2D eigenvalue weighted by Gasteiger charge is 2.47. The van der Waals surface area contributed by atoms with Crippen LogP contribution >= 0.6 is 11.6 Å². The van der Waals surface area contributed by atoms with Crippen LogP contribution in [0.25, 0.3) is 5.76 Å². The number of aryl methyl sites for hydroxylation is 1. The molecule has 1 fully saturated rings. The van der Waals surface area contributed by atoms with Crippen LogP contribution in [-0.2, 0) is 15.0 Å². The van der Waals surface area contributed by atoms with Crippen LogP contribution in [0.1, 0.15) is 49.1 Å². The lowest BCUT2D eigenvalue weighted by Crippen LogP contribution is -2.29. The summed E-state index contributed by atoms with van der Waals surface area (Å²) in [5.74, 6) is -1.21. The standard InChI is InChI=1S/C29H28ClNO4/c1-17-9-14-21(16-23(17)30)31-25(18-10-12-20(13-11-18)29(2,3)4)24(27(33)28(31)34)26(32)19-7-6-8-22(15-19)35-5/h6-16,25,32H,1-5H3/b26-24+. The summed E-state index contributed by atoms with van der Waals surface area (Å²) in [4.78, 5) is 28.1. The summed E-state index contributed by atoms with van der Waals surface area (Å²) >= 11 is 6.37. The van der Waals surface area contributed by atoms with E-state index >= 15 is 0 Å². The van der Waals surface area contributed by atoms with Gasteiger partial charge in [-0.3, -0.25) is 14.5 Å². The Morgan fingerprint density at radius 3 is 2.29 bits per heavy atom. The van der Waals surface area contributed by atoms with Crippen LogP contribution in [0, 0.1) is 6.92 Å². The molecule has 3 aromatic rings. The predicted molar refractivity (Wildman–Crippen MR) is 139 cm³/mol. The number of hydrogen-bond acceptors (Lipinski definition) is 4. The van der Waals surface area contributed by atoms with E-state index in [-0.39, 0.29) is 16.7 Å². The van der Waals surface area contributed by atoms with Crippen molar-refractivity contribution in [1.82, 2.24) is 0 Å². The van der Waals surface area contributed by atoms with Crippen molar-refractivity contribution in [1.29, 1.82) is 0 Å². The molecule has 1 aliphatic rings. The fourth-order valence-corrected chi connectivity index (χ4v) is 4.41. The Hall–Kier alpha value is -3.57. The van der Waals surface area contributed by atoms with E-state index in [9.17, 15) is 14.7 Å². The molecule has 1 atom stereocenters. The first-order chi connectivity index (χ1) is 16.5. The summed E-state index contributed by atoms with van der Waals surface area (Å²) < 4.78 is 5.28. The molecular weight excluding hydrogens is 462 g/mol. The third-order valence-electron chi connectivity index (χ3n) is 6.31. The Kier molecular flexibility index (Phi) is 6.48. The van der Waals surface area contributed by atoms with Crippen molar-refractivity contribution in [3.63, 3.8) is 0 Å². The van der Waals surface area contributed by atoms with Gasteiger partial charge in [-0.15, -0.1) is 0 Å². The quantitative estimate of drug-likeness (QED) is 0.255. The van der Waals surface area contributed by atoms with Gasteiger partial charge in [0.25, 0.3) is 11.7 Å². The zero-order valence-corrected chi connectivity index (χ0v) is 21.2. The molecule has 0 saturated carbocycles. The number of amides is 1. The van der Waals surface area contributed by atoms with Crippen LogP contribution in [0.5, 0.6) is 5.75 Å². The zero-order valence-electron chi connectivity index (χ0n) is 20.4. The molecule has 5 nitrogen and oxygen atoms in total. The van der Waals surface area contributed by atoms with Crippen molar-refractivity contribution < 1.29 is 19.4 Å². The van der Waals surface area contributed by atoms with Gasteiger partial charge in [0, 0.05) is 16.3 Å². The summed E-state index contributed by atoms with van der Waals surface area (Å²) in [5.41, 5.74) is 3.50. The van der Waals surface area contributed by atoms with E-state index in [0.29, 0.717) is 27.6 Å². The minimum Gasteiger partial charge on any atom is -0.507 e. The maximum Gasteiger partial charge on any atom is 0.300 e. The fraction of sp³-hybridized carbons (Fsp3) is 0.241. The Morgan fingerprint density at radius 2 is 1.69 bits per heavy atom. The molecule has 1 unspecified atom stereocenters. The van der Waals surface area contributed by atoms with E-state index in [2.05, 4.69) is 20.8 Å². The van der Waals surface area contributed by atoms with E-state index in [1.807, 2.05) is 31.2 Å². The number of methoxy groups -OCH3 is 1. The van der Waals surface area contributed by atoms with Crippen LogP contribution < -0.4 is 9.64 Å². The number of aliphatic hydroxyl groups is 1. The van der Waals surface area contributed by atoms with E-state index < -0.39 is 17.7 Å². The molecule has 4 rings (SSSR count). The molecule has 0 radical (unpaired) electrons. The molecule has 6 heteroatoms. The van der Waals surface area contributed by atoms with Crippen LogP contribution in [0.15, 0.2) is 72.3 Å². The molecule has 1 N–H and O–H groups in total. The Labute approximate surface area is 210 Å². The van der Waals surface area contributed by atoms with Crippen molar-refractivity contribution in [2.24, 2.45) is 0 Å². The molecule has 1 heterocycles. The topological polar surface area (TPSA) is 66.8 Å². The predicted octanol–water partition coefficient (Wildman–Crippen LogP) is 6.58. The lowest BCUT2D eigenvalue weighted by atomic mass is 9.85. The molecule has 3 aromatic carbocycles. The number of benzene rings is 3. The average Bonchev–Trinajstić information content (AvgIpc) is 3.10. The summed E-state index contributed by atoms with van der Waals surface area (Å²) in [5, 5.41) is 11.8. The number of carbonyl (C=O) groups excluding carboxylic acids is 2. The third-order valence-corrected chi connectivity index (χ3v) is 6.72. The largest absolute Gasteiger partial charge is 0.507 e. The number of aliphatic hydroxyl groups excluding tert-OH is 1. The molecule has 0 aliphatic carbocycles. The maximum atomic E-state index is 13.3. The number of ketones is 1. The Morgan fingerprint density at radius 1 is 1.00 bits per heavy atom. The lowest BCUT2D eigenvalue weighted by Gasteiger charge is -2.27. The number of nitrogens with zero attached hydrogens (tertiary/aromatic N) is 1. The van der Waals surface area contributed by atoms with Crippen molar-refractivity contribution in [2.75, 3.05) is 12.0 Å². The van der Waals surface area contributed by atoms with Gasteiger partial charge in [-0.25, -0.2) is 0 Å². The second-order valence-electron chi connectivity index (χ2n) is 9.71. The van der Waals surface area contributed by atoms with Gasteiger partial charge in [-0.05, 0) is 53.3 Å². The van der Waals surface area contributed by atoms with Gasteiger partial charge < -0.3 is 9.84 Å². The Bertz CT molecular complexity index is 1340. The van der Waals surface area contributed by atoms with Gasteiger partial charge in [0.15, 0.2) is 0 Å². The van der Waals surface area contributed by atoms with Crippen molar-refractivity contribution in [2.45, 2.75) is 39.2 Å². The summed E-state index contributed by atoms with van der Waals surface area (Å²) in [6.07, 6.45) is 0. The van der Waals surface area contributed by atoms with Gasteiger partial charge in [0.1, 0.15) is 11.5 Å². The van der Waals surface area contributed by atoms with Crippen LogP contribution in [0.4, 0.5) is 5.69 Å². The minimum absolute atomic E-state index is 0.0171. The second-order valence-corrected chi connectivity index (χ2v) is 10.1. The highest BCUT2D eigenvalue weighted by molar-refractivity contribution is 6.51. The van der Waals surface area contributed by atoms with E-state index in [1.165, 1.54) is 12.0 Å². The number of hydrogen-bond donors (Lipinski definition) is 1. The number of carbonyl (C=O) groups is 2. The molecule has 0 bridgehead atoms. The van der Waals surface area contributed by atoms with Gasteiger partial charge in [0.05, 0.1) is 18.7 Å². The molecule has 1 amide bonds. The van der Waals surface area contributed by atoms with Crippen molar-refractivity contribution >= 4 is 34.7 Å². The first-order valence-electron chi connectivity index (χ1n) is 11.3. The number of anilines is 1. The third kappa shape index (κ3) is 4.56. The number of ether oxygens (including phenoxy) is 1. The Balaban J connectivity index is 1.94. The monoisotopic (exact) mass is 489 g/mol. The van der Waals surface area contributed by atoms with E-state index in [1.54, 1.807) is 42.5 Å². The van der Waals surface area contributed by atoms with Crippen molar-refractivity contribution in [3.05, 3.63) is 99.6 Å². The van der Waals surface area contributed by atoms with Gasteiger partial charge >= 0.3 is 0 Å². The van der Waals surface area contributed by atoms with Crippen molar-refractivity contribution in [3.8, 4) is 5.75 Å². The highest BCUT2D eigenvalue weighted by Crippen LogP contribution is 2.43. The molecule has 35 heavy (non-hydrogen) atoms. The van der Waals surface area contributed by atoms with Gasteiger partial charge in [0.2, 0.25) is 0 Å². The minimum atomic E-state index is -0.825. The molecular formula is C29H28ClNO4. The van der Waals surface area contributed by atoms with Crippen LogP contribution in [0.2, 0.25) is 5.02 Å². The average molecular weight is 490 g/mol. The molecule has 1 saturated heterocycles. The van der Waals surface area contributed by atoms with Crippen LogP contribution in [-0.4, -0.2) is 23.9 Å². The van der Waals surface area contributed by atoms with Gasteiger partial charge in [-0.1, -0.05) is 74.8 Å². The molecule has 1 aliphatic heterocycles. The molecule has 0 spiro atoms. The van der Waals surface area contributed by atoms with E-state index in [0.717, 1.165) is 11.1 Å².